The molecule has 2 rings (SSSR count). The minimum atomic E-state index is -0.419. The maximum Gasteiger partial charge on any atom is 0.226 e. The first-order valence-electron chi connectivity index (χ1n) is 6.47. The van der Waals surface area contributed by atoms with Gasteiger partial charge in [0, 0.05) is 25.7 Å². The van der Waals surface area contributed by atoms with Gasteiger partial charge in [-0.15, -0.1) is 0 Å². The molecule has 0 aliphatic carbocycles. The summed E-state index contributed by atoms with van der Waals surface area (Å²) in [6.45, 7) is 0.574. The quantitative estimate of drug-likeness (QED) is 0.905. The molecule has 0 aliphatic rings. The van der Waals surface area contributed by atoms with Gasteiger partial charge in [0.25, 0.3) is 0 Å². The van der Waals surface area contributed by atoms with Gasteiger partial charge in [-0.25, -0.2) is 4.39 Å². The van der Waals surface area contributed by atoms with Gasteiger partial charge in [0.1, 0.15) is 5.82 Å². The predicted molar refractivity (Wildman–Crippen MR) is 79.4 cm³/mol. The third kappa shape index (κ3) is 3.82. The average Bonchev–Trinajstić information content (AvgIpc) is 2.48. The zero-order valence-corrected chi connectivity index (χ0v) is 11.3. The van der Waals surface area contributed by atoms with E-state index in [0.717, 1.165) is 5.69 Å². The van der Waals surface area contributed by atoms with Gasteiger partial charge in [-0.3, -0.25) is 4.79 Å². The highest BCUT2D eigenvalue weighted by Gasteiger charge is 2.08. The van der Waals surface area contributed by atoms with E-state index in [4.69, 9.17) is 0 Å². The van der Waals surface area contributed by atoms with Crippen LogP contribution in [0, 0.1) is 5.82 Å². The Bertz CT molecular complexity index is 572. The molecule has 0 aromatic heterocycles. The molecule has 20 heavy (non-hydrogen) atoms. The van der Waals surface area contributed by atoms with Crippen molar-refractivity contribution in [1.82, 2.24) is 0 Å². The molecule has 104 valence electrons. The highest BCUT2D eigenvalue weighted by molar-refractivity contribution is 5.91. The number of rotatable bonds is 5. The Labute approximate surface area is 118 Å². The SMILES string of the molecule is CN(CCC(=O)Nc1ccccc1F)c1ccccc1. The molecule has 0 saturated carbocycles. The molecule has 1 N–H and O–H groups in total. The zero-order valence-electron chi connectivity index (χ0n) is 11.3. The monoisotopic (exact) mass is 272 g/mol. The molecular formula is C16H17FN2O. The highest BCUT2D eigenvalue weighted by atomic mass is 19.1. The second kappa shape index (κ2) is 6.70. The first-order valence-corrected chi connectivity index (χ1v) is 6.47. The normalized spacial score (nSPS) is 10.1. The van der Waals surface area contributed by atoms with Crippen molar-refractivity contribution >= 4 is 17.3 Å². The molecule has 0 radical (unpaired) electrons. The van der Waals surface area contributed by atoms with Gasteiger partial charge in [0.05, 0.1) is 5.69 Å². The molecular weight excluding hydrogens is 255 g/mol. The van der Waals surface area contributed by atoms with Crippen molar-refractivity contribution in [3.05, 3.63) is 60.4 Å². The van der Waals surface area contributed by atoms with Crippen LogP contribution in [-0.4, -0.2) is 19.5 Å². The summed E-state index contributed by atoms with van der Waals surface area (Å²) in [4.78, 5) is 13.8. The summed E-state index contributed by atoms with van der Waals surface area (Å²) >= 11 is 0. The van der Waals surface area contributed by atoms with Crippen LogP contribution in [0.1, 0.15) is 6.42 Å². The van der Waals surface area contributed by atoms with Gasteiger partial charge in [0.15, 0.2) is 0 Å². The Kier molecular flexibility index (Phi) is 4.71. The number of carbonyl (C=O) groups excluding carboxylic acids is 1. The smallest absolute Gasteiger partial charge is 0.226 e. The first-order chi connectivity index (χ1) is 9.66. The number of halogens is 1. The van der Waals surface area contributed by atoms with Crippen molar-refractivity contribution < 1.29 is 9.18 Å². The fraction of sp³-hybridized carbons (Fsp3) is 0.188. The molecule has 0 heterocycles. The third-order valence-corrected chi connectivity index (χ3v) is 3.02. The molecule has 0 bridgehead atoms. The van der Waals surface area contributed by atoms with Crippen LogP contribution < -0.4 is 10.2 Å². The van der Waals surface area contributed by atoms with Gasteiger partial charge in [0.2, 0.25) is 5.91 Å². The van der Waals surface area contributed by atoms with Crippen LogP contribution in [0.5, 0.6) is 0 Å². The Morgan fingerprint density at radius 1 is 1.10 bits per heavy atom. The predicted octanol–water partition coefficient (Wildman–Crippen LogP) is 3.29. The molecule has 1 amide bonds. The molecule has 4 heteroatoms. The highest BCUT2D eigenvalue weighted by Crippen LogP contribution is 2.14. The molecule has 0 saturated heterocycles. The van der Waals surface area contributed by atoms with E-state index >= 15 is 0 Å². The van der Waals surface area contributed by atoms with Crippen LogP contribution in [0.2, 0.25) is 0 Å². The van der Waals surface area contributed by atoms with Crippen LogP contribution in [0.3, 0.4) is 0 Å². The maximum absolute atomic E-state index is 13.4. The summed E-state index contributed by atoms with van der Waals surface area (Å²) in [7, 11) is 1.92. The van der Waals surface area contributed by atoms with E-state index in [0.29, 0.717) is 13.0 Å². The lowest BCUT2D eigenvalue weighted by Gasteiger charge is -2.18. The van der Waals surface area contributed by atoms with E-state index in [1.165, 1.54) is 6.07 Å². The molecule has 0 unspecified atom stereocenters. The van der Waals surface area contributed by atoms with E-state index < -0.39 is 5.82 Å². The zero-order chi connectivity index (χ0) is 14.4. The lowest BCUT2D eigenvalue weighted by Crippen LogP contribution is -2.24. The minimum Gasteiger partial charge on any atom is -0.374 e. The maximum atomic E-state index is 13.4. The molecule has 0 atom stereocenters. The fourth-order valence-electron chi connectivity index (χ4n) is 1.86. The van der Waals surface area contributed by atoms with E-state index in [2.05, 4.69) is 5.32 Å². The van der Waals surface area contributed by atoms with E-state index in [1.807, 2.05) is 42.3 Å². The Hall–Kier alpha value is -2.36. The van der Waals surface area contributed by atoms with Gasteiger partial charge in [-0.1, -0.05) is 30.3 Å². The molecule has 0 aliphatic heterocycles. The summed E-state index contributed by atoms with van der Waals surface area (Å²) in [5.41, 5.74) is 1.27. The van der Waals surface area contributed by atoms with Crippen molar-refractivity contribution in [1.29, 1.82) is 0 Å². The third-order valence-electron chi connectivity index (χ3n) is 3.02. The summed E-state index contributed by atoms with van der Waals surface area (Å²) in [5, 5.41) is 2.58. The van der Waals surface area contributed by atoms with Crippen LogP contribution in [0.15, 0.2) is 54.6 Å². The lowest BCUT2D eigenvalue weighted by atomic mass is 10.2. The van der Waals surface area contributed by atoms with Crippen LogP contribution >= 0.6 is 0 Å². The topological polar surface area (TPSA) is 32.3 Å². The Morgan fingerprint density at radius 2 is 1.75 bits per heavy atom. The molecule has 0 fully saturated rings. The molecule has 0 spiro atoms. The number of nitrogens with one attached hydrogen (secondary N) is 1. The van der Waals surface area contributed by atoms with Crippen molar-refractivity contribution in [2.24, 2.45) is 0 Å². The summed E-state index contributed by atoms with van der Waals surface area (Å²) in [6, 6.07) is 16.0. The first kappa shape index (κ1) is 14.1. The fourth-order valence-corrected chi connectivity index (χ4v) is 1.86. The van der Waals surface area contributed by atoms with Crippen LogP contribution in [-0.2, 0) is 4.79 Å². The Balaban J connectivity index is 1.85. The van der Waals surface area contributed by atoms with Gasteiger partial charge >= 0.3 is 0 Å². The van der Waals surface area contributed by atoms with Crippen molar-refractivity contribution in [2.75, 3.05) is 23.8 Å². The largest absolute Gasteiger partial charge is 0.374 e. The number of benzene rings is 2. The van der Waals surface area contributed by atoms with E-state index in [9.17, 15) is 9.18 Å². The lowest BCUT2D eigenvalue weighted by molar-refractivity contribution is -0.116. The molecule has 2 aromatic carbocycles. The number of nitrogens with zero attached hydrogens (tertiary/aromatic N) is 1. The van der Waals surface area contributed by atoms with E-state index in [1.54, 1.807) is 18.2 Å². The number of para-hydroxylation sites is 2. The van der Waals surface area contributed by atoms with Crippen molar-refractivity contribution in [2.45, 2.75) is 6.42 Å². The number of amides is 1. The van der Waals surface area contributed by atoms with Crippen LogP contribution in [0.4, 0.5) is 15.8 Å². The molecule has 2 aromatic rings. The van der Waals surface area contributed by atoms with E-state index in [-0.39, 0.29) is 11.6 Å². The second-order valence-electron chi connectivity index (χ2n) is 4.54. The number of hydrogen-bond acceptors (Lipinski definition) is 2. The Morgan fingerprint density at radius 3 is 2.45 bits per heavy atom. The van der Waals surface area contributed by atoms with Crippen LogP contribution in [0.25, 0.3) is 0 Å². The number of anilines is 2. The summed E-state index contributed by atoms with van der Waals surface area (Å²) < 4.78 is 13.4. The van der Waals surface area contributed by atoms with Crippen molar-refractivity contribution in [3.63, 3.8) is 0 Å². The van der Waals surface area contributed by atoms with Crippen molar-refractivity contribution in [3.8, 4) is 0 Å². The van der Waals surface area contributed by atoms with Gasteiger partial charge in [-0.05, 0) is 24.3 Å². The second-order valence-corrected chi connectivity index (χ2v) is 4.54. The van der Waals surface area contributed by atoms with Gasteiger partial charge in [-0.2, -0.15) is 0 Å². The standard InChI is InChI=1S/C16H17FN2O/c1-19(13-7-3-2-4-8-13)12-11-16(20)18-15-10-6-5-9-14(15)17/h2-10H,11-12H2,1H3,(H,18,20). The van der Waals surface area contributed by atoms with Gasteiger partial charge < -0.3 is 10.2 Å². The summed E-state index contributed by atoms with van der Waals surface area (Å²) in [6.07, 6.45) is 0.305. The average molecular weight is 272 g/mol. The minimum absolute atomic E-state index is 0.196. The number of hydrogen-bond donors (Lipinski definition) is 1. The molecule has 3 nitrogen and oxygen atoms in total. The number of carbonyl (C=O) groups is 1. The summed E-state index contributed by atoms with van der Waals surface area (Å²) in [5.74, 6) is -0.616.